The first-order valence-corrected chi connectivity index (χ1v) is 9.89. The second-order valence-corrected chi connectivity index (χ2v) is 8.18. The van der Waals surface area contributed by atoms with Crippen LogP contribution in [-0.2, 0) is 16.9 Å². The molecule has 1 amide bonds. The molecule has 5 N–H and O–H groups in total. The number of halogens is 1. The van der Waals surface area contributed by atoms with Gasteiger partial charge in [-0.15, -0.1) is 5.10 Å². The van der Waals surface area contributed by atoms with Crippen LogP contribution in [0.3, 0.4) is 0 Å². The second kappa shape index (κ2) is 7.96. The Kier molecular flexibility index (Phi) is 6.07. The molecule has 1 aromatic heterocycles. The smallest absolute Gasteiger partial charge is 0.280 e. The number of benzene rings is 1. The van der Waals surface area contributed by atoms with Crippen molar-refractivity contribution in [3.05, 3.63) is 45.3 Å². The molecule has 0 atom stereocenters. The SMILES string of the molecule is CN(N)C(=NN)NC(=O)c1nn(C)c(=O)c(-c2cccc(S(C)(=O)=O)c2)c1Cl. The highest BCUT2D eigenvalue weighted by Crippen LogP contribution is 2.28. The topological polar surface area (TPSA) is 166 Å². The minimum absolute atomic E-state index is 0.00626. The van der Waals surface area contributed by atoms with Crippen LogP contribution in [0.25, 0.3) is 11.1 Å². The van der Waals surface area contributed by atoms with E-state index < -0.39 is 21.3 Å². The molecule has 0 spiro atoms. The number of aromatic nitrogens is 2. The maximum absolute atomic E-state index is 12.6. The molecule has 13 heteroatoms. The van der Waals surface area contributed by atoms with Crippen LogP contribution in [0, 0.1) is 0 Å². The molecule has 0 unspecified atom stereocenters. The van der Waals surface area contributed by atoms with Gasteiger partial charge >= 0.3 is 0 Å². The van der Waals surface area contributed by atoms with E-state index in [0.29, 0.717) is 0 Å². The summed E-state index contributed by atoms with van der Waals surface area (Å²) in [6.45, 7) is 0. The van der Waals surface area contributed by atoms with Gasteiger partial charge in [0.05, 0.1) is 15.5 Å². The van der Waals surface area contributed by atoms with Gasteiger partial charge in [-0.3, -0.25) is 19.9 Å². The fourth-order valence-corrected chi connectivity index (χ4v) is 3.24. The van der Waals surface area contributed by atoms with Crippen molar-refractivity contribution < 1.29 is 13.2 Å². The Bertz CT molecular complexity index is 1130. The molecule has 0 saturated carbocycles. The lowest BCUT2D eigenvalue weighted by Gasteiger charge is -2.16. The molecule has 0 radical (unpaired) electrons. The number of hydrogen-bond donors (Lipinski definition) is 3. The van der Waals surface area contributed by atoms with Crippen LogP contribution >= 0.6 is 11.6 Å². The molecule has 2 rings (SSSR count). The summed E-state index contributed by atoms with van der Waals surface area (Å²) in [5, 5.41) is 10.2. The van der Waals surface area contributed by atoms with Crippen molar-refractivity contribution in [2.24, 2.45) is 23.8 Å². The number of rotatable bonds is 3. The van der Waals surface area contributed by atoms with Crippen LogP contribution in [0.2, 0.25) is 5.02 Å². The summed E-state index contributed by atoms with van der Waals surface area (Å²) in [6.07, 6.45) is 1.04. The van der Waals surface area contributed by atoms with Gasteiger partial charge in [-0.2, -0.15) is 5.10 Å². The Balaban J connectivity index is 2.66. The number of hydrogen-bond acceptors (Lipinski definition) is 8. The van der Waals surface area contributed by atoms with Crippen LogP contribution in [0.1, 0.15) is 10.5 Å². The molecule has 150 valence electrons. The van der Waals surface area contributed by atoms with E-state index in [4.69, 9.17) is 23.3 Å². The highest BCUT2D eigenvalue weighted by atomic mass is 35.5. The van der Waals surface area contributed by atoms with Crippen LogP contribution in [-0.4, -0.2) is 48.4 Å². The van der Waals surface area contributed by atoms with Crippen LogP contribution in [0.4, 0.5) is 0 Å². The standard InChI is InChI=1S/C15H18ClN7O4S/c1-22(18)15(20-17)19-13(24)12-11(16)10(14(25)23(2)21-12)8-5-4-6-9(7-8)28(3,26)27/h4-7H,17-18H2,1-3H3,(H,19,20,24). The highest BCUT2D eigenvalue weighted by Gasteiger charge is 2.23. The molecule has 11 nitrogen and oxygen atoms in total. The van der Waals surface area contributed by atoms with E-state index in [0.717, 1.165) is 15.9 Å². The summed E-state index contributed by atoms with van der Waals surface area (Å²) < 4.78 is 24.5. The number of aryl methyl sites for hydroxylation is 1. The fraction of sp³-hybridized carbons (Fsp3) is 0.200. The molecule has 0 bridgehead atoms. The summed E-state index contributed by atoms with van der Waals surface area (Å²) in [5.74, 6) is 9.66. The third-order valence-corrected chi connectivity index (χ3v) is 5.11. The van der Waals surface area contributed by atoms with E-state index in [1.54, 1.807) is 0 Å². The third kappa shape index (κ3) is 4.30. The predicted octanol–water partition coefficient (Wildman–Crippen LogP) is -0.731. The summed E-state index contributed by atoms with van der Waals surface area (Å²) in [4.78, 5) is 25.1. The third-order valence-electron chi connectivity index (χ3n) is 3.63. The fourth-order valence-electron chi connectivity index (χ4n) is 2.26. The number of amides is 1. The van der Waals surface area contributed by atoms with Crippen molar-refractivity contribution in [1.29, 1.82) is 0 Å². The normalized spacial score (nSPS) is 12.0. The molecule has 28 heavy (non-hydrogen) atoms. The minimum atomic E-state index is -3.52. The summed E-state index contributed by atoms with van der Waals surface area (Å²) in [6, 6.07) is 5.64. The van der Waals surface area contributed by atoms with Gasteiger partial charge in [0.2, 0.25) is 5.96 Å². The molecule has 0 fully saturated rings. The number of guanidine groups is 1. The second-order valence-electron chi connectivity index (χ2n) is 5.78. The number of carbonyl (C=O) groups is 1. The predicted molar refractivity (Wildman–Crippen MR) is 104 cm³/mol. The number of nitrogens with one attached hydrogen (secondary N) is 1. The van der Waals surface area contributed by atoms with E-state index in [1.165, 1.54) is 38.4 Å². The average molecular weight is 428 g/mol. The first-order chi connectivity index (χ1) is 13.0. The molecular weight excluding hydrogens is 410 g/mol. The Morgan fingerprint density at radius 1 is 1.39 bits per heavy atom. The number of nitrogens with two attached hydrogens (primary N) is 2. The zero-order valence-electron chi connectivity index (χ0n) is 15.2. The lowest BCUT2D eigenvalue weighted by atomic mass is 10.1. The quantitative estimate of drug-likeness (QED) is 0.249. The van der Waals surface area contributed by atoms with Gasteiger partial charge in [0, 0.05) is 20.4 Å². The maximum Gasteiger partial charge on any atom is 0.280 e. The van der Waals surface area contributed by atoms with Gasteiger partial charge in [-0.1, -0.05) is 23.7 Å². The van der Waals surface area contributed by atoms with Crippen LogP contribution in [0.5, 0.6) is 0 Å². The number of hydrazone groups is 1. The molecule has 0 saturated heterocycles. The van der Waals surface area contributed by atoms with E-state index in [1.807, 2.05) is 0 Å². The molecule has 0 aliphatic heterocycles. The molecule has 0 aliphatic carbocycles. The van der Waals surface area contributed by atoms with Gasteiger partial charge in [-0.05, 0) is 17.7 Å². The lowest BCUT2D eigenvalue weighted by Crippen LogP contribution is -2.46. The number of carbonyl (C=O) groups excluding carboxylic acids is 1. The van der Waals surface area contributed by atoms with E-state index in [2.05, 4.69) is 15.5 Å². The van der Waals surface area contributed by atoms with E-state index in [-0.39, 0.29) is 32.7 Å². The summed E-state index contributed by atoms with van der Waals surface area (Å²) >= 11 is 6.29. The number of hydrazine groups is 1. The Hall–Kier alpha value is -2.96. The van der Waals surface area contributed by atoms with Gasteiger partial charge in [0.15, 0.2) is 15.5 Å². The largest absolute Gasteiger partial charge is 0.320 e. The van der Waals surface area contributed by atoms with Crippen molar-refractivity contribution >= 4 is 33.3 Å². The lowest BCUT2D eigenvalue weighted by molar-refractivity contribution is 0.0965. The van der Waals surface area contributed by atoms with Crippen molar-refractivity contribution in [2.45, 2.75) is 4.90 Å². The van der Waals surface area contributed by atoms with Gasteiger partial charge in [0.25, 0.3) is 11.5 Å². The molecule has 1 aromatic carbocycles. The van der Waals surface area contributed by atoms with E-state index in [9.17, 15) is 18.0 Å². The zero-order valence-corrected chi connectivity index (χ0v) is 16.7. The monoisotopic (exact) mass is 427 g/mol. The van der Waals surface area contributed by atoms with Gasteiger partial charge in [-0.25, -0.2) is 18.9 Å². The number of nitrogens with zero attached hydrogens (tertiary/aromatic N) is 4. The molecule has 0 aliphatic rings. The van der Waals surface area contributed by atoms with Crippen molar-refractivity contribution in [3.8, 4) is 11.1 Å². The van der Waals surface area contributed by atoms with Crippen LogP contribution in [0.15, 0.2) is 39.1 Å². The van der Waals surface area contributed by atoms with Crippen molar-refractivity contribution in [1.82, 2.24) is 20.1 Å². The van der Waals surface area contributed by atoms with Crippen molar-refractivity contribution in [2.75, 3.05) is 13.3 Å². The first kappa shape index (κ1) is 21.3. The minimum Gasteiger partial charge on any atom is -0.320 e. The first-order valence-electron chi connectivity index (χ1n) is 7.62. The Morgan fingerprint density at radius 3 is 2.57 bits per heavy atom. The number of sulfone groups is 1. The zero-order chi connectivity index (χ0) is 21.2. The summed E-state index contributed by atoms with van der Waals surface area (Å²) in [5.41, 5.74) is -0.779. The summed E-state index contributed by atoms with van der Waals surface area (Å²) in [7, 11) is -0.802. The Morgan fingerprint density at radius 2 is 2.04 bits per heavy atom. The van der Waals surface area contributed by atoms with E-state index >= 15 is 0 Å². The maximum atomic E-state index is 12.6. The Labute approximate surface area is 165 Å². The van der Waals surface area contributed by atoms with Crippen molar-refractivity contribution in [3.63, 3.8) is 0 Å². The molecule has 2 aromatic rings. The van der Waals surface area contributed by atoms with Gasteiger partial charge in [0.1, 0.15) is 0 Å². The molecule has 1 heterocycles. The van der Waals surface area contributed by atoms with Gasteiger partial charge < -0.3 is 5.84 Å². The van der Waals surface area contributed by atoms with Crippen LogP contribution < -0.4 is 22.6 Å². The molecular formula is C15H18ClN7O4S. The highest BCUT2D eigenvalue weighted by molar-refractivity contribution is 7.90. The average Bonchev–Trinajstić information content (AvgIpc) is 2.62.